The van der Waals surface area contributed by atoms with Gasteiger partial charge in [-0.25, -0.2) is 0 Å². The summed E-state index contributed by atoms with van der Waals surface area (Å²) < 4.78 is 1.50. The molecule has 2 aliphatic rings. The number of nitrogens with zero attached hydrogens (tertiary/aromatic N) is 2. The van der Waals surface area contributed by atoms with Crippen LogP contribution in [-0.4, -0.2) is 14.6 Å². The predicted octanol–water partition coefficient (Wildman–Crippen LogP) is 2.27. The molecule has 4 rings (SSSR count). The molecule has 0 radical (unpaired) electrons. The Bertz CT molecular complexity index is 702. The number of H-pyrrole nitrogens is 1. The van der Waals surface area contributed by atoms with Crippen LogP contribution in [0.5, 0.6) is 0 Å². The van der Waals surface area contributed by atoms with Crippen molar-refractivity contribution in [2.24, 2.45) is 11.8 Å². The third-order valence-corrected chi connectivity index (χ3v) is 5.69. The molecule has 1 spiro atoms. The average molecular weight is 257 g/mol. The number of aromatic amines is 1. The lowest BCUT2D eigenvalue weighted by Gasteiger charge is -2.34. The van der Waals surface area contributed by atoms with Gasteiger partial charge in [0.15, 0.2) is 0 Å². The van der Waals surface area contributed by atoms with Crippen molar-refractivity contribution in [1.82, 2.24) is 14.6 Å². The van der Waals surface area contributed by atoms with Crippen LogP contribution < -0.4 is 5.56 Å². The summed E-state index contributed by atoms with van der Waals surface area (Å²) in [5.74, 6) is 1.31. The van der Waals surface area contributed by atoms with Gasteiger partial charge in [-0.3, -0.25) is 4.79 Å². The van der Waals surface area contributed by atoms with Crippen LogP contribution in [0.3, 0.4) is 0 Å². The quantitative estimate of drug-likeness (QED) is 0.787. The van der Waals surface area contributed by atoms with Gasteiger partial charge in [0.25, 0.3) is 5.56 Å². The molecule has 0 aromatic carbocycles. The molecule has 2 aromatic rings. The van der Waals surface area contributed by atoms with Gasteiger partial charge in [-0.1, -0.05) is 13.8 Å². The number of fused-ring (bicyclic) bond motifs is 3. The fraction of sp³-hybridized carbons (Fsp3) is 0.600. The molecule has 0 saturated heterocycles. The van der Waals surface area contributed by atoms with Gasteiger partial charge in [-0.2, -0.15) is 9.61 Å². The monoisotopic (exact) mass is 257 g/mol. The molecular weight excluding hydrogens is 238 g/mol. The lowest BCUT2D eigenvalue weighted by atomic mass is 9.71. The van der Waals surface area contributed by atoms with Crippen molar-refractivity contribution in [1.29, 1.82) is 0 Å². The van der Waals surface area contributed by atoms with Crippen LogP contribution >= 0.6 is 0 Å². The molecule has 2 atom stereocenters. The van der Waals surface area contributed by atoms with Crippen molar-refractivity contribution in [3.8, 4) is 0 Å². The summed E-state index contributed by atoms with van der Waals surface area (Å²) in [6.45, 7) is 4.69. The maximum atomic E-state index is 12.5. The molecule has 1 fully saturated rings. The molecule has 2 heterocycles. The third-order valence-electron chi connectivity index (χ3n) is 5.69. The number of hydrogen-bond donors (Lipinski definition) is 1. The molecule has 1 N–H and O–H groups in total. The molecule has 2 unspecified atom stereocenters. The summed E-state index contributed by atoms with van der Waals surface area (Å²) in [6, 6.07) is 1.89. The Morgan fingerprint density at radius 3 is 2.84 bits per heavy atom. The van der Waals surface area contributed by atoms with Crippen molar-refractivity contribution in [3.05, 3.63) is 33.9 Å². The average Bonchev–Trinajstić information content (AvgIpc) is 3.06. The van der Waals surface area contributed by atoms with E-state index >= 15 is 0 Å². The van der Waals surface area contributed by atoms with Crippen molar-refractivity contribution < 1.29 is 0 Å². The van der Waals surface area contributed by atoms with E-state index in [1.165, 1.54) is 23.1 Å². The molecule has 0 bridgehead atoms. The van der Waals surface area contributed by atoms with E-state index in [1.807, 2.05) is 6.07 Å². The molecule has 19 heavy (non-hydrogen) atoms. The van der Waals surface area contributed by atoms with Gasteiger partial charge in [0.1, 0.15) is 5.65 Å². The smallest absolute Gasteiger partial charge is 0.277 e. The van der Waals surface area contributed by atoms with E-state index in [0.717, 1.165) is 24.1 Å². The first-order chi connectivity index (χ1) is 9.14. The molecule has 4 heteroatoms. The first-order valence-electron chi connectivity index (χ1n) is 7.24. The number of hydrogen-bond acceptors (Lipinski definition) is 2. The molecular formula is C15H19N3O. The van der Waals surface area contributed by atoms with Gasteiger partial charge in [0.05, 0.1) is 6.20 Å². The highest BCUT2D eigenvalue weighted by atomic mass is 16.1. The summed E-state index contributed by atoms with van der Waals surface area (Å²) in [6.07, 6.45) is 6.25. The van der Waals surface area contributed by atoms with E-state index in [9.17, 15) is 4.79 Å². The van der Waals surface area contributed by atoms with Crippen LogP contribution in [0, 0.1) is 11.8 Å². The van der Waals surface area contributed by atoms with Crippen LogP contribution in [0.25, 0.3) is 5.65 Å². The highest BCUT2D eigenvalue weighted by Crippen LogP contribution is 2.55. The van der Waals surface area contributed by atoms with E-state index < -0.39 is 0 Å². The predicted molar refractivity (Wildman–Crippen MR) is 73.4 cm³/mol. The highest BCUT2D eigenvalue weighted by Gasteiger charge is 2.52. The molecule has 1 saturated carbocycles. The van der Waals surface area contributed by atoms with E-state index in [4.69, 9.17) is 0 Å². The zero-order valence-electron chi connectivity index (χ0n) is 11.4. The van der Waals surface area contributed by atoms with Gasteiger partial charge < -0.3 is 4.98 Å². The Morgan fingerprint density at radius 1 is 1.37 bits per heavy atom. The summed E-state index contributed by atoms with van der Waals surface area (Å²) in [5.41, 5.74) is 3.29. The lowest BCUT2D eigenvalue weighted by molar-refractivity contribution is 0.261. The standard InChI is InChI=1S/C15H19N3O/c1-9-3-4-10(2)15(9)7-5-11-13(15)17-12-6-8-16-18(12)14(11)19/h6,8-10,17H,3-5,7H2,1-2H3. The van der Waals surface area contributed by atoms with Crippen molar-refractivity contribution in [2.45, 2.75) is 44.9 Å². The minimum absolute atomic E-state index is 0.0805. The van der Waals surface area contributed by atoms with Gasteiger partial charge >= 0.3 is 0 Å². The SMILES string of the molecule is CC1CCC(C)C12CCc1c2[nH]c2ccnn2c1=O. The lowest BCUT2D eigenvalue weighted by Crippen LogP contribution is -2.34. The number of nitrogens with one attached hydrogen (secondary N) is 1. The fourth-order valence-corrected chi connectivity index (χ4v) is 4.57. The van der Waals surface area contributed by atoms with Gasteiger partial charge in [-0.15, -0.1) is 0 Å². The molecule has 2 aromatic heterocycles. The van der Waals surface area contributed by atoms with E-state index in [1.54, 1.807) is 6.20 Å². The van der Waals surface area contributed by atoms with Crippen LogP contribution in [0.2, 0.25) is 0 Å². The number of aromatic nitrogens is 3. The zero-order chi connectivity index (χ0) is 13.2. The van der Waals surface area contributed by atoms with Crippen molar-refractivity contribution >= 4 is 5.65 Å². The summed E-state index contributed by atoms with van der Waals surface area (Å²) in [7, 11) is 0. The Balaban J connectivity index is 2.05. The molecule has 4 nitrogen and oxygen atoms in total. The largest absolute Gasteiger partial charge is 0.343 e. The highest BCUT2D eigenvalue weighted by molar-refractivity contribution is 5.45. The summed E-state index contributed by atoms with van der Waals surface area (Å²) >= 11 is 0. The normalized spacial score (nSPS) is 33.4. The fourth-order valence-electron chi connectivity index (χ4n) is 4.57. The second-order valence-corrected chi connectivity index (χ2v) is 6.33. The summed E-state index contributed by atoms with van der Waals surface area (Å²) in [4.78, 5) is 16.0. The van der Waals surface area contributed by atoms with E-state index in [2.05, 4.69) is 23.9 Å². The van der Waals surface area contributed by atoms with Gasteiger partial charge in [-0.05, 0) is 37.5 Å². The Labute approximate surface area is 111 Å². The third kappa shape index (κ3) is 1.20. The number of rotatable bonds is 0. The van der Waals surface area contributed by atoms with Crippen LogP contribution in [0.4, 0.5) is 0 Å². The molecule has 0 aliphatic heterocycles. The molecule has 100 valence electrons. The minimum Gasteiger partial charge on any atom is -0.343 e. The maximum absolute atomic E-state index is 12.5. The van der Waals surface area contributed by atoms with Crippen molar-refractivity contribution in [3.63, 3.8) is 0 Å². The second-order valence-electron chi connectivity index (χ2n) is 6.33. The zero-order valence-corrected chi connectivity index (χ0v) is 11.4. The van der Waals surface area contributed by atoms with Crippen LogP contribution in [0.15, 0.2) is 17.1 Å². The first kappa shape index (κ1) is 11.3. The first-order valence-corrected chi connectivity index (χ1v) is 7.24. The Morgan fingerprint density at radius 2 is 2.11 bits per heavy atom. The topological polar surface area (TPSA) is 50.2 Å². The molecule has 2 aliphatic carbocycles. The Kier molecular flexibility index (Phi) is 2.07. The Hall–Kier alpha value is -1.58. The van der Waals surface area contributed by atoms with Crippen molar-refractivity contribution in [2.75, 3.05) is 0 Å². The van der Waals surface area contributed by atoms with E-state index in [0.29, 0.717) is 11.8 Å². The van der Waals surface area contributed by atoms with Gasteiger partial charge in [0, 0.05) is 22.7 Å². The van der Waals surface area contributed by atoms with Crippen LogP contribution in [-0.2, 0) is 11.8 Å². The molecule has 0 amide bonds. The van der Waals surface area contributed by atoms with Gasteiger partial charge in [0.2, 0.25) is 0 Å². The summed E-state index contributed by atoms with van der Waals surface area (Å²) in [5, 5.41) is 4.12. The maximum Gasteiger partial charge on any atom is 0.277 e. The minimum atomic E-state index is 0.0805. The second kappa shape index (κ2) is 3.50. The van der Waals surface area contributed by atoms with Crippen LogP contribution in [0.1, 0.15) is 44.4 Å². The van der Waals surface area contributed by atoms with E-state index in [-0.39, 0.29) is 11.0 Å².